The van der Waals surface area contributed by atoms with Crippen LogP contribution in [0.2, 0.25) is 0 Å². The van der Waals surface area contributed by atoms with Crippen LogP contribution in [0, 0.1) is 13.8 Å². The Morgan fingerprint density at radius 3 is 2.41 bits per heavy atom. The van der Waals surface area contributed by atoms with Crippen molar-refractivity contribution in [3.8, 4) is 5.75 Å². The highest BCUT2D eigenvalue weighted by atomic mass is 16.5. The van der Waals surface area contributed by atoms with Gasteiger partial charge in [-0.2, -0.15) is 0 Å². The van der Waals surface area contributed by atoms with Crippen LogP contribution in [0.3, 0.4) is 0 Å². The molecule has 0 aliphatic heterocycles. The molecule has 34 heavy (non-hydrogen) atoms. The molecule has 6 heteroatoms. The van der Waals surface area contributed by atoms with Gasteiger partial charge in [-0.25, -0.2) is 4.79 Å². The van der Waals surface area contributed by atoms with Crippen molar-refractivity contribution in [1.29, 1.82) is 0 Å². The number of hydrogen-bond acceptors (Lipinski definition) is 3. The fraction of sp³-hybridized carbons (Fsp3) is 0.214. The second-order valence-electron chi connectivity index (χ2n) is 8.41. The minimum absolute atomic E-state index is 0.164. The van der Waals surface area contributed by atoms with E-state index in [1.165, 1.54) is 0 Å². The van der Waals surface area contributed by atoms with E-state index < -0.39 is 0 Å². The van der Waals surface area contributed by atoms with E-state index >= 15 is 0 Å². The molecule has 0 bridgehead atoms. The van der Waals surface area contributed by atoms with Crippen LogP contribution in [0.15, 0.2) is 77.6 Å². The normalized spacial score (nSPS) is 10.8. The second-order valence-corrected chi connectivity index (χ2v) is 8.41. The van der Waals surface area contributed by atoms with Gasteiger partial charge in [-0.3, -0.25) is 4.79 Å². The van der Waals surface area contributed by atoms with Gasteiger partial charge >= 0.3 is 6.03 Å². The molecular formula is C28H29N3O3. The molecule has 4 rings (SSSR count). The molecule has 4 aromatic rings. The number of urea groups is 1. The minimum Gasteiger partial charge on any atom is -0.496 e. The highest BCUT2D eigenvalue weighted by Crippen LogP contribution is 2.22. The molecule has 2 amide bonds. The molecular weight excluding hydrogens is 426 g/mol. The van der Waals surface area contributed by atoms with E-state index in [2.05, 4.69) is 10.3 Å². The Hall–Kier alpha value is -4.06. The lowest BCUT2D eigenvalue weighted by Gasteiger charge is -2.24. The Morgan fingerprint density at radius 1 is 0.941 bits per heavy atom. The fourth-order valence-electron chi connectivity index (χ4n) is 4.02. The van der Waals surface area contributed by atoms with E-state index in [0.29, 0.717) is 24.4 Å². The van der Waals surface area contributed by atoms with Gasteiger partial charge < -0.3 is 19.9 Å². The third-order valence-electron chi connectivity index (χ3n) is 6.12. The van der Waals surface area contributed by atoms with Crippen LogP contribution in [0.5, 0.6) is 5.75 Å². The van der Waals surface area contributed by atoms with Gasteiger partial charge in [0.1, 0.15) is 5.75 Å². The number of nitrogens with zero attached hydrogens (tertiary/aromatic N) is 1. The number of fused-ring (bicyclic) bond motifs is 1. The highest BCUT2D eigenvalue weighted by Gasteiger charge is 2.19. The topological polar surface area (TPSA) is 74.4 Å². The van der Waals surface area contributed by atoms with E-state index in [1.807, 2.05) is 86.6 Å². The van der Waals surface area contributed by atoms with Crippen molar-refractivity contribution in [1.82, 2.24) is 15.2 Å². The zero-order valence-corrected chi connectivity index (χ0v) is 19.7. The number of para-hydroxylation sites is 1. The number of aromatic amines is 1. The lowest BCUT2D eigenvalue weighted by atomic mass is 10.0. The Morgan fingerprint density at radius 2 is 1.65 bits per heavy atom. The van der Waals surface area contributed by atoms with Gasteiger partial charge in [0.25, 0.3) is 5.56 Å². The monoisotopic (exact) mass is 455 g/mol. The number of benzene rings is 3. The molecule has 0 fully saturated rings. The van der Waals surface area contributed by atoms with Gasteiger partial charge in [0.15, 0.2) is 0 Å². The summed E-state index contributed by atoms with van der Waals surface area (Å²) in [5.41, 5.74) is 5.20. The molecule has 0 saturated heterocycles. The third kappa shape index (κ3) is 5.12. The van der Waals surface area contributed by atoms with E-state index in [4.69, 9.17) is 4.74 Å². The van der Waals surface area contributed by atoms with Crippen molar-refractivity contribution in [3.63, 3.8) is 0 Å². The molecule has 0 aliphatic carbocycles. The fourth-order valence-corrected chi connectivity index (χ4v) is 4.02. The van der Waals surface area contributed by atoms with E-state index in [0.717, 1.165) is 33.2 Å². The number of hydrogen-bond donors (Lipinski definition) is 2. The zero-order chi connectivity index (χ0) is 24.1. The predicted molar refractivity (Wildman–Crippen MR) is 135 cm³/mol. The maximum atomic E-state index is 13.3. The Labute approximate surface area is 199 Å². The van der Waals surface area contributed by atoms with Crippen molar-refractivity contribution in [2.45, 2.75) is 33.5 Å². The van der Waals surface area contributed by atoms with Crippen molar-refractivity contribution in [2.24, 2.45) is 0 Å². The number of aromatic nitrogens is 1. The molecule has 0 radical (unpaired) electrons. The van der Waals surface area contributed by atoms with E-state index in [-0.39, 0.29) is 18.1 Å². The smallest absolute Gasteiger partial charge is 0.318 e. The van der Waals surface area contributed by atoms with Crippen LogP contribution in [-0.2, 0) is 19.6 Å². The molecule has 2 N–H and O–H groups in total. The minimum atomic E-state index is -0.255. The number of H-pyrrole nitrogens is 1. The summed E-state index contributed by atoms with van der Waals surface area (Å²) in [6, 6.07) is 23.0. The summed E-state index contributed by atoms with van der Waals surface area (Å²) in [4.78, 5) is 30.9. The molecule has 174 valence electrons. The first-order valence-corrected chi connectivity index (χ1v) is 11.3. The van der Waals surface area contributed by atoms with Crippen LogP contribution in [0.25, 0.3) is 10.9 Å². The first-order valence-electron chi connectivity index (χ1n) is 11.3. The van der Waals surface area contributed by atoms with Crippen LogP contribution < -0.4 is 15.6 Å². The van der Waals surface area contributed by atoms with Gasteiger partial charge in [-0.05, 0) is 48.1 Å². The Kier molecular flexibility index (Phi) is 6.97. The van der Waals surface area contributed by atoms with Crippen LogP contribution >= 0.6 is 0 Å². The predicted octanol–water partition coefficient (Wildman–Crippen LogP) is 5.07. The summed E-state index contributed by atoms with van der Waals surface area (Å²) in [5.74, 6) is 0.696. The quantitative estimate of drug-likeness (QED) is 0.409. The van der Waals surface area contributed by atoms with Crippen molar-refractivity contribution in [3.05, 3.63) is 111 Å². The number of nitrogens with one attached hydrogen (secondary N) is 2. The van der Waals surface area contributed by atoms with Gasteiger partial charge in [0.2, 0.25) is 0 Å². The number of carbonyl (C=O) groups is 1. The molecule has 0 saturated carbocycles. The van der Waals surface area contributed by atoms with Gasteiger partial charge in [0.05, 0.1) is 25.7 Å². The summed E-state index contributed by atoms with van der Waals surface area (Å²) in [6.07, 6.45) is 0. The summed E-state index contributed by atoms with van der Waals surface area (Å²) in [5, 5.41) is 3.93. The zero-order valence-electron chi connectivity index (χ0n) is 19.7. The van der Waals surface area contributed by atoms with Crippen LogP contribution in [-0.4, -0.2) is 23.0 Å². The number of aryl methyl sites for hydroxylation is 2. The SMILES string of the molecule is COc1ccccc1CN(Cc1cc2ccc(C)c(C)c2[nH]c1=O)C(=O)NCc1ccccc1. The molecule has 1 heterocycles. The average Bonchev–Trinajstić information content (AvgIpc) is 2.86. The third-order valence-corrected chi connectivity index (χ3v) is 6.12. The summed E-state index contributed by atoms with van der Waals surface area (Å²) in [6.45, 7) is 4.88. The van der Waals surface area contributed by atoms with Crippen molar-refractivity contribution < 1.29 is 9.53 Å². The first kappa shape index (κ1) is 23.1. The number of carbonyl (C=O) groups excluding carboxylic acids is 1. The largest absolute Gasteiger partial charge is 0.496 e. The molecule has 0 aliphatic rings. The molecule has 0 atom stereocenters. The summed E-state index contributed by atoms with van der Waals surface area (Å²) < 4.78 is 5.48. The Bertz CT molecular complexity index is 1360. The van der Waals surface area contributed by atoms with Gasteiger partial charge in [-0.15, -0.1) is 0 Å². The van der Waals surface area contributed by atoms with E-state index in [1.54, 1.807) is 12.0 Å². The molecule has 6 nitrogen and oxygen atoms in total. The Balaban J connectivity index is 1.64. The number of pyridine rings is 1. The van der Waals surface area contributed by atoms with Crippen LogP contribution in [0.4, 0.5) is 4.79 Å². The second kappa shape index (κ2) is 10.3. The molecule has 3 aromatic carbocycles. The molecule has 0 unspecified atom stereocenters. The maximum Gasteiger partial charge on any atom is 0.318 e. The number of methoxy groups -OCH3 is 1. The lowest BCUT2D eigenvalue weighted by molar-refractivity contribution is 0.191. The van der Waals surface area contributed by atoms with E-state index in [9.17, 15) is 9.59 Å². The number of ether oxygens (including phenoxy) is 1. The standard InChI is InChI=1S/C28H29N3O3/c1-19-13-14-22-15-24(27(32)30-26(22)20(19)2)18-31(17-23-11-7-8-12-25(23)34-3)28(33)29-16-21-9-5-4-6-10-21/h4-15H,16-18H2,1-3H3,(H,29,33)(H,30,32). The number of amides is 2. The van der Waals surface area contributed by atoms with Crippen molar-refractivity contribution >= 4 is 16.9 Å². The summed E-state index contributed by atoms with van der Waals surface area (Å²) >= 11 is 0. The molecule has 0 spiro atoms. The van der Waals surface area contributed by atoms with Gasteiger partial charge in [-0.1, -0.05) is 60.7 Å². The molecule has 1 aromatic heterocycles. The highest BCUT2D eigenvalue weighted by molar-refractivity contribution is 5.83. The maximum absolute atomic E-state index is 13.3. The van der Waals surface area contributed by atoms with Crippen LogP contribution in [0.1, 0.15) is 27.8 Å². The lowest BCUT2D eigenvalue weighted by Crippen LogP contribution is -2.40. The summed E-state index contributed by atoms with van der Waals surface area (Å²) in [7, 11) is 1.61. The first-order chi connectivity index (χ1) is 16.5. The number of rotatable bonds is 7. The van der Waals surface area contributed by atoms with Gasteiger partial charge in [0, 0.05) is 17.7 Å². The van der Waals surface area contributed by atoms with Crippen molar-refractivity contribution in [2.75, 3.05) is 7.11 Å². The average molecular weight is 456 g/mol.